The average Bonchev–Trinajstić information content (AvgIpc) is 2.27. The Labute approximate surface area is 91.7 Å². The summed E-state index contributed by atoms with van der Waals surface area (Å²) < 4.78 is 0. The lowest BCUT2D eigenvalue weighted by Gasteiger charge is -2.20. The number of hydrogen-bond donors (Lipinski definition) is 0. The van der Waals surface area contributed by atoms with Gasteiger partial charge in [0.2, 0.25) is 0 Å². The zero-order valence-electron chi connectivity index (χ0n) is 9.09. The minimum absolute atomic E-state index is 0. The molecule has 1 aliphatic rings. The van der Waals surface area contributed by atoms with Crippen LogP contribution >= 0.6 is 12.4 Å². The lowest BCUT2D eigenvalue weighted by atomic mass is 9.82. The molecule has 0 saturated heterocycles. The van der Waals surface area contributed by atoms with Crippen molar-refractivity contribution in [3.05, 3.63) is 29.3 Å². The topological polar surface area (TPSA) is 12.4 Å². The van der Waals surface area contributed by atoms with E-state index in [2.05, 4.69) is 50.9 Å². The van der Waals surface area contributed by atoms with E-state index < -0.39 is 0 Å². The molecule has 2 heteroatoms. The van der Waals surface area contributed by atoms with E-state index in [0.29, 0.717) is 0 Å². The number of halogens is 1. The highest BCUT2D eigenvalue weighted by atomic mass is 35.5. The van der Waals surface area contributed by atoms with Gasteiger partial charge in [-0.25, -0.2) is 0 Å². The summed E-state index contributed by atoms with van der Waals surface area (Å²) in [6.07, 6.45) is 0. The third kappa shape index (κ3) is 1.46. The monoisotopic (exact) mass is 209 g/mol. The molecule has 1 aliphatic heterocycles. The van der Waals surface area contributed by atoms with Crippen LogP contribution in [0.15, 0.2) is 23.2 Å². The van der Waals surface area contributed by atoms with Crippen LogP contribution < -0.4 is 0 Å². The number of nitrogens with zero attached hydrogens (tertiary/aromatic N) is 1. The standard InChI is InChI=1S/C12H15N.ClH/c1-8-5-6-11-10(7-8)12(3,4)9(2)13-11;/h5-7H,1-4H3;1H. The summed E-state index contributed by atoms with van der Waals surface area (Å²) >= 11 is 0. The van der Waals surface area contributed by atoms with Gasteiger partial charge in [0.05, 0.1) is 5.69 Å². The molecule has 1 nitrogen and oxygen atoms in total. The number of aliphatic imine (C=N–C) groups is 1. The zero-order chi connectivity index (χ0) is 9.64. The Morgan fingerprint density at radius 1 is 1.14 bits per heavy atom. The lowest BCUT2D eigenvalue weighted by molar-refractivity contribution is 0.732. The Bertz CT molecular complexity index is 391. The van der Waals surface area contributed by atoms with Gasteiger partial charge in [-0.2, -0.15) is 0 Å². The van der Waals surface area contributed by atoms with Crippen LogP contribution in [0.2, 0.25) is 0 Å². The minimum atomic E-state index is 0. The molecule has 76 valence electrons. The first-order chi connectivity index (χ1) is 6.01. The maximum Gasteiger partial charge on any atom is 0.0670 e. The van der Waals surface area contributed by atoms with Crippen LogP contribution in [0.3, 0.4) is 0 Å². The van der Waals surface area contributed by atoms with E-state index in [1.807, 2.05) is 0 Å². The summed E-state index contributed by atoms with van der Waals surface area (Å²) in [7, 11) is 0. The predicted octanol–water partition coefficient (Wildman–Crippen LogP) is 3.80. The maximum atomic E-state index is 4.56. The molecule has 0 N–H and O–H groups in total. The molecule has 0 fully saturated rings. The van der Waals surface area contributed by atoms with E-state index in [9.17, 15) is 0 Å². The molecule has 0 unspecified atom stereocenters. The van der Waals surface area contributed by atoms with Crippen molar-refractivity contribution >= 4 is 23.8 Å². The number of hydrogen-bond acceptors (Lipinski definition) is 1. The zero-order valence-corrected chi connectivity index (χ0v) is 9.90. The van der Waals surface area contributed by atoms with Crippen molar-refractivity contribution < 1.29 is 0 Å². The van der Waals surface area contributed by atoms with Gasteiger partial charge in [-0.3, -0.25) is 4.99 Å². The van der Waals surface area contributed by atoms with E-state index in [0.717, 1.165) is 5.69 Å². The Morgan fingerprint density at radius 3 is 2.43 bits per heavy atom. The molecule has 1 aromatic rings. The van der Waals surface area contributed by atoms with Crippen LogP contribution in [0.4, 0.5) is 5.69 Å². The van der Waals surface area contributed by atoms with Crippen molar-refractivity contribution in [2.45, 2.75) is 33.1 Å². The molecule has 0 aliphatic carbocycles. The highest BCUT2D eigenvalue weighted by molar-refractivity contribution is 5.99. The third-order valence-corrected chi connectivity index (χ3v) is 3.02. The van der Waals surface area contributed by atoms with Gasteiger partial charge in [0.25, 0.3) is 0 Å². The van der Waals surface area contributed by atoms with Crippen LogP contribution in [0.1, 0.15) is 31.9 Å². The molecular weight excluding hydrogens is 194 g/mol. The molecule has 0 aromatic heterocycles. The number of benzene rings is 1. The predicted molar refractivity (Wildman–Crippen MR) is 64.2 cm³/mol. The van der Waals surface area contributed by atoms with Gasteiger partial charge in [-0.1, -0.05) is 31.5 Å². The minimum Gasteiger partial charge on any atom is -0.257 e. The van der Waals surface area contributed by atoms with Crippen LogP contribution in [0.5, 0.6) is 0 Å². The molecule has 0 saturated carbocycles. The van der Waals surface area contributed by atoms with Gasteiger partial charge in [0.15, 0.2) is 0 Å². The first kappa shape index (κ1) is 11.3. The normalized spacial score (nSPS) is 17.0. The highest BCUT2D eigenvalue weighted by Gasteiger charge is 2.31. The van der Waals surface area contributed by atoms with Gasteiger partial charge < -0.3 is 0 Å². The van der Waals surface area contributed by atoms with Crippen LogP contribution in [-0.2, 0) is 5.41 Å². The smallest absolute Gasteiger partial charge is 0.0670 e. The third-order valence-electron chi connectivity index (χ3n) is 3.02. The van der Waals surface area contributed by atoms with Crippen molar-refractivity contribution in [2.24, 2.45) is 4.99 Å². The van der Waals surface area contributed by atoms with Crippen molar-refractivity contribution in [3.63, 3.8) is 0 Å². The molecule has 1 heterocycles. The summed E-state index contributed by atoms with van der Waals surface area (Å²) in [6, 6.07) is 6.48. The van der Waals surface area contributed by atoms with Crippen molar-refractivity contribution in [1.82, 2.24) is 0 Å². The van der Waals surface area contributed by atoms with E-state index in [1.165, 1.54) is 16.8 Å². The molecule has 2 rings (SSSR count). The molecule has 0 radical (unpaired) electrons. The first-order valence-corrected chi connectivity index (χ1v) is 4.69. The molecule has 0 atom stereocenters. The van der Waals surface area contributed by atoms with Gasteiger partial charge in [0.1, 0.15) is 0 Å². The summed E-state index contributed by atoms with van der Waals surface area (Å²) in [6.45, 7) is 8.70. The van der Waals surface area contributed by atoms with Gasteiger partial charge in [-0.15, -0.1) is 12.4 Å². The van der Waals surface area contributed by atoms with Crippen LogP contribution in [0.25, 0.3) is 0 Å². The van der Waals surface area contributed by atoms with E-state index in [4.69, 9.17) is 0 Å². The fourth-order valence-corrected chi connectivity index (χ4v) is 1.76. The fraction of sp³-hybridized carbons (Fsp3) is 0.417. The van der Waals surface area contributed by atoms with Gasteiger partial charge in [-0.05, 0) is 25.5 Å². The van der Waals surface area contributed by atoms with Crippen molar-refractivity contribution in [3.8, 4) is 0 Å². The van der Waals surface area contributed by atoms with Gasteiger partial charge in [0, 0.05) is 11.1 Å². The summed E-state index contributed by atoms with van der Waals surface area (Å²) in [5.74, 6) is 0. The average molecular weight is 210 g/mol. The molecule has 0 spiro atoms. The highest BCUT2D eigenvalue weighted by Crippen LogP contribution is 2.39. The second-order valence-electron chi connectivity index (χ2n) is 4.34. The summed E-state index contributed by atoms with van der Waals surface area (Å²) in [5.41, 5.74) is 5.17. The Morgan fingerprint density at radius 2 is 1.79 bits per heavy atom. The van der Waals surface area contributed by atoms with Crippen LogP contribution in [-0.4, -0.2) is 5.71 Å². The molecular formula is C12H16ClN. The van der Waals surface area contributed by atoms with E-state index >= 15 is 0 Å². The number of fused-ring (bicyclic) bond motifs is 1. The number of aryl methyl sites for hydroxylation is 1. The summed E-state index contributed by atoms with van der Waals surface area (Å²) in [5, 5.41) is 0. The van der Waals surface area contributed by atoms with Crippen LogP contribution in [0, 0.1) is 6.92 Å². The molecule has 1 aromatic carbocycles. The maximum absolute atomic E-state index is 4.56. The molecule has 0 bridgehead atoms. The SMILES string of the molecule is CC1=Nc2ccc(C)cc2C1(C)C.Cl. The fourth-order valence-electron chi connectivity index (χ4n) is 1.76. The van der Waals surface area contributed by atoms with Gasteiger partial charge >= 0.3 is 0 Å². The van der Waals surface area contributed by atoms with E-state index in [1.54, 1.807) is 0 Å². The lowest BCUT2D eigenvalue weighted by Crippen LogP contribution is -2.22. The Balaban J connectivity index is 0.000000980. The largest absolute Gasteiger partial charge is 0.257 e. The van der Waals surface area contributed by atoms with Crippen molar-refractivity contribution in [1.29, 1.82) is 0 Å². The Hall–Kier alpha value is -0.820. The first-order valence-electron chi connectivity index (χ1n) is 4.69. The number of rotatable bonds is 0. The molecule has 0 amide bonds. The van der Waals surface area contributed by atoms with E-state index in [-0.39, 0.29) is 17.8 Å². The Kier molecular flexibility index (Phi) is 2.73. The second-order valence-corrected chi connectivity index (χ2v) is 4.34. The molecule has 14 heavy (non-hydrogen) atoms. The van der Waals surface area contributed by atoms with Crippen molar-refractivity contribution in [2.75, 3.05) is 0 Å². The second kappa shape index (κ2) is 3.39. The summed E-state index contributed by atoms with van der Waals surface area (Å²) in [4.78, 5) is 4.56. The quantitative estimate of drug-likeness (QED) is 0.617.